The maximum atomic E-state index is 12.4. The van der Waals surface area contributed by atoms with Crippen LogP contribution in [0.1, 0.15) is 21.5 Å². The van der Waals surface area contributed by atoms with Gasteiger partial charge in [-0.25, -0.2) is 4.79 Å². The first-order valence-corrected chi connectivity index (χ1v) is 5.96. The number of carboxylic acids is 1. The number of alkyl halides is 3. The van der Waals surface area contributed by atoms with Crippen molar-refractivity contribution in [3.63, 3.8) is 0 Å². The Hall–Kier alpha value is -2.50. The monoisotopic (exact) mass is 296 g/mol. The van der Waals surface area contributed by atoms with E-state index in [1.807, 2.05) is 0 Å². The van der Waals surface area contributed by atoms with Crippen LogP contribution in [0.5, 0.6) is 11.5 Å². The van der Waals surface area contributed by atoms with Gasteiger partial charge in [-0.2, -0.15) is 13.2 Å². The van der Waals surface area contributed by atoms with Crippen LogP contribution in [0.3, 0.4) is 0 Å². The molecule has 6 heteroatoms. The third-order valence-electron chi connectivity index (χ3n) is 2.84. The fourth-order valence-corrected chi connectivity index (χ4v) is 1.68. The lowest BCUT2D eigenvalue weighted by Gasteiger charge is -2.11. The fraction of sp³-hybridized carbons (Fsp3) is 0.133. The molecule has 0 amide bonds. The summed E-state index contributed by atoms with van der Waals surface area (Å²) in [6.07, 6.45) is -4.41. The van der Waals surface area contributed by atoms with Gasteiger partial charge in [0, 0.05) is 0 Å². The largest absolute Gasteiger partial charge is 0.478 e. The molecule has 0 unspecified atom stereocenters. The van der Waals surface area contributed by atoms with Gasteiger partial charge in [0.1, 0.15) is 11.5 Å². The molecule has 0 saturated carbocycles. The Morgan fingerprint density at radius 1 is 1.10 bits per heavy atom. The van der Waals surface area contributed by atoms with E-state index >= 15 is 0 Å². The van der Waals surface area contributed by atoms with Gasteiger partial charge in [0.2, 0.25) is 0 Å². The Kier molecular flexibility index (Phi) is 3.88. The molecule has 110 valence electrons. The van der Waals surface area contributed by atoms with Crippen molar-refractivity contribution in [3.8, 4) is 11.5 Å². The zero-order chi connectivity index (χ0) is 15.6. The Morgan fingerprint density at radius 2 is 1.71 bits per heavy atom. The summed E-state index contributed by atoms with van der Waals surface area (Å²) in [5.41, 5.74) is -0.0479. The zero-order valence-electron chi connectivity index (χ0n) is 10.9. The van der Waals surface area contributed by atoms with Gasteiger partial charge in [-0.05, 0) is 48.9 Å². The second-order valence-electron chi connectivity index (χ2n) is 4.41. The molecule has 0 aliphatic carbocycles. The van der Waals surface area contributed by atoms with Gasteiger partial charge in [-0.1, -0.05) is 6.07 Å². The standard InChI is InChI=1S/C15H11F3O3/c1-9-2-3-10(14(19)20)8-13(9)21-12-6-4-11(5-7-12)15(16,17)18/h2-8H,1H3,(H,19,20). The summed E-state index contributed by atoms with van der Waals surface area (Å²) in [7, 11) is 0. The Labute approximate surface area is 118 Å². The van der Waals surface area contributed by atoms with Crippen LogP contribution in [-0.2, 0) is 6.18 Å². The summed E-state index contributed by atoms with van der Waals surface area (Å²) < 4.78 is 42.8. The van der Waals surface area contributed by atoms with E-state index < -0.39 is 17.7 Å². The van der Waals surface area contributed by atoms with Crippen LogP contribution in [0, 0.1) is 6.92 Å². The number of carbonyl (C=O) groups is 1. The third kappa shape index (κ3) is 3.53. The van der Waals surface area contributed by atoms with E-state index in [0.29, 0.717) is 5.56 Å². The Morgan fingerprint density at radius 3 is 2.24 bits per heavy atom. The summed E-state index contributed by atoms with van der Waals surface area (Å²) in [6, 6.07) is 8.53. The summed E-state index contributed by atoms with van der Waals surface area (Å²) >= 11 is 0. The molecule has 0 fully saturated rings. The number of ether oxygens (including phenoxy) is 1. The van der Waals surface area contributed by atoms with Crippen molar-refractivity contribution in [3.05, 3.63) is 59.2 Å². The first kappa shape index (κ1) is 14.9. The van der Waals surface area contributed by atoms with Gasteiger partial charge in [0.25, 0.3) is 0 Å². The molecule has 0 aromatic heterocycles. The molecule has 0 bridgehead atoms. The van der Waals surface area contributed by atoms with Crippen LogP contribution < -0.4 is 4.74 Å². The minimum Gasteiger partial charge on any atom is -0.478 e. The smallest absolute Gasteiger partial charge is 0.416 e. The maximum absolute atomic E-state index is 12.4. The summed E-state index contributed by atoms with van der Waals surface area (Å²) in [6.45, 7) is 1.71. The van der Waals surface area contributed by atoms with Crippen molar-refractivity contribution in [2.45, 2.75) is 13.1 Å². The van der Waals surface area contributed by atoms with Crippen molar-refractivity contribution in [2.24, 2.45) is 0 Å². The van der Waals surface area contributed by atoms with Gasteiger partial charge >= 0.3 is 12.1 Å². The summed E-state index contributed by atoms with van der Waals surface area (Å²) in [5, 5.41) is 8.91. The summed E-state index contributed by atoms with van der Waals surface area (Å²) in [4.78, 5) is 10.9. The number of aryl methyl sites for hydroxylation is 1. The van der Waals surface area contributed by atoms with Gasteiger partial charge in [-0.15, -0.1) is 0 Å². The first-order chi connectivity index (χ1) is 9.77. The van der Waals surface area contributed by atoms with E-state index in [0.717, 1.165) is 12.1 Å². The molecule has 0 spiro atoms. The lowest BCUT2D eigenvalue weighted by molar-refractivity contribution is -0.137. The maximum Gasteiger partial charge on any atom is 0.416 e. The second-order valence-corrected chi connectivity index (χ2v) is 4.41. The van der Waals surface area contributed by atoms with Crippen LogP contribution >= 0.6 is 0 Å². The quantitative estimate of drug-likeness (QED) is 0.906. The van der Waals surface area contributed by atoms with E-state index in [9.17, 15) is 18.0 Å². The van der Waals surface area contributed by atoms with E-state index in [1.165, 1.54) is 24.3 Å². The highest BCUT2D eigenvalue weighted by Crippen LogP contribution is 2.32. The Balaban J connectivity index is 2.26. The topological polar surface area (TPSA) is 46.5 Å². The molecule has 1 N–H and O–H groups in total. The first-order valence-electron chi connectivity index (χ1n) is 5.96. The van der Waals surface area contributed by atoms with Crippen molar-refractivity contribution < 1.29 is 27.8 Å². The van der Waals surface area contributed by atoms with E-state index in [-0.39, 0.29) is 17.1 Å². The highest BCUT2D eigenvalue weighted by atomic mass is 19.4. The molecule has 0 atom stereocenters. The minimum atomic E-state index is -4.41. The molecule has 3 nitrogen and oxygen atoms in total. The minimum absolute atomic E-state index is 0.0440. The summed E-state index contributed by atoms with van der Waals surface area (Å²) in [5.74, 6) is -0.615. The SMILES string of the molecule is Cc1ccc(C(=O)O)cc1Oc1ccc(C(F)(F)F)cc1. The predicted molar refractivity (Wildman–Crippen MR) is 69.7 cm³/mol. The van der Waals surface area contributed by atoms with Crippen LogP contribution in [0.15, 0.2) is 42.5 Å². The van der Waals surface area contributed by atoms with E-state index in [2.05, 4.69) is 0 Å². The number of rotatable bonds is 3. The third-order valence-corrected chi connectivity index (χ3v) is 2.84. The van der Waals surface area contributed by atoms with Gasteiger partial charge in [0.15, 0.2) is 0 Å². The average molecular weight is 296 g/mol. The van der Waals surface area contributed by atoms with Crippen molar-refractivity contribution in [1.29, 1.82) is 0 Å². The zero-order valence-corrected chi connectivity index (χ0v) is 10.9. The number of hydrogen-bond donors (Lipinski definition) is 1. The number of carboxylic acid groups (broad SMARTS) is 1. The molecule has 0 aliphatic heterocycles. The fourth-order valence-electron chi connectivity index (χ4n) is 1.68. The molecule has 2 aromatic rings. The van der Waals surface area contributed by atoms with E-state index in [4.69, 9.17) is 9.84 Å². The molecule has 0 radical (unpaired) electrons. The molecule has 2 rings (SSSR count). The molecule has 0 aliphatic rings. The second kappa shape index (κ2) is 5.47. The van der Waals surface area contributed by atoms with Gasteiger partial charge in [0.05, 0.1) is 11.1 Å². The van der Waals surface area contributed by atoms with Crippen molar-refractivity contribution >= 4 is 5.97 Å². The van der Waals surface area contributed by atoms with Crippen molar-refractivity contribution in [1.82, 2.24) is 0 Å². The van der Waals surface area contributed by atoms with Crippen molar-refractivity contribution in [2.75, 3.05) is 0 Å². The molecule has 0 saturated heterocycles. The van der Waals surface area contributed by atoms with Gasteiger partial charge in [-0.3, -0.25) is 0 Å². The highest BCUT2D eigenvalue weighted by Gasteiger charge is 2.30. The predicted octanol–water partition coefficient (Wildman–Crippen LogP) is 4.50. The Bertz CT molecular complexity index is 661. The lowest BCUT2D eigenvalue weighted by Crippen LogP contribution is -2.04. The number of aromatic carboxylic acids is 1. The van der Waals surface area contributed by atoms with E-state index in [1.54, 1.807) is 13.0 Å². The molecular formula is C15H11F3O3. The number of benzene rings is 2. The normalized spacial score (nSPS) is 11.2. The average Bonchev–Trinajstić information content (AvgIpc) is 2.40. The number of halogens is 3. The van der Waals surface area contributed by atoms with Crippen LogP contribution in [0.4, 0.5) is 13.2 Å². The van der Waals surface area contributed by atoms with Gasteiger partial charge < -0.3 is 9.84 Å². The lowest BCUT2D eigenvalue weighted by atomic mass is 10.1. The highest BCUT2D eigenvalue weighted by molar-refractivity contribution is 5.88. The van der Waals surface area contributed by atoms with Crippen LogP contribution in [0.25, 0.3) is 0 Å². The molecule has 0 heterocycles. The molecule has 2 aromatic carbocycles. The van der Waals surface area contributed by atoms with Crippen LogP contribution in [0.2, 0.25) is 0 Å². The molecular weight excluding hydrogens is 285 g/mol. The number of hydrogen-bond acceptors (Lipinski definition) is 2. The molecule has 21 heavy (non-hydrogen) atoms. The van der Waals surface area contributed by atoms with Crippen LogP contribution in [-0.4, -0.2) is 11.1 Å².